The van der Waals surface area contributed by atoms with Crippen LogP contribution in [0.25, 0.3) is 0 Å². The minimum atomic E-state index is -4.32. The Kier molecular flexibility index (Phi) is 3.12. The van der Waals surface area contributed by atoms with Crippen molar-refractivity contribution in [1.82, 2.24) is 0 Å². The fourth-order valence-corrected chi connectivity index (χ4v) is 1.13. The van der Waals surface area contributed by atoms with Crippen LogP contribution in [-0.4, -0.2) is 12.8 Å². The van der Waals surface area contributed by atoms with Crippen LogP contribution in [0, 0.1) is 13.8 Å². The Balaban J connectivity index is 2.82. The highest BCUT2D eigenvalue weighted by atomic mass is 19.4. The lowest BCUT2D eigenvalue weighted by molar-refractivity contribution is -0.153. The van der Waals surface area contributed by atoms with Crippen LogP contribution in [-0.2, 0) is 0 Å². The predicted molar refractivity (Wildman–Crippen MR) is 51.9 cm³/mol. The maximum absolute atomic E-state index is 11.9. The number of alkyl halides is 3. The van der Waals surface area contributed by atoms with Crippen molar-refractivity contribution in [2.75, 3.05) is 12.3 Å². The molecule has 0 radical (unpaired) electrons. The summed E-state index contributed by atoms with van der Waals surface area (Å²) in [6.45, 7) is 2.09. The lowest BCUT2D eigenvalue weighted by atomic mass is 10.1. The van der Waals surface area contributed by atoms with Gasteiger partial charge in [-0.1, -0.05) is 0 Å². The number of rotatable bonds is 2. The summed E-state index contributed by atoms with van der Waals surface area (Å²) in [5, 5.41) is 0. The van der Waals surface area contributed by atoms with E-state index >= 15 is 0 Å². The molecule has 84 valence electrons. The smallest absolute Gasteiger partial charge is 0.422 e. The second-order valence-electron chi connectivity index (χ2n) is 3.38. The third-order valence-corrected chi connectivity index (χ3v) is 1.95. The molecule has 5 heteroatoms. The first kappa shape index (κ1) is 11.7. The van der Waals surface area contributed by atoms with E-state index in [1.807, 2.05) is 0 Å². The Morgan fingerprint density at radius 2 is 1.80 bits per heavy atom. The maximum atomic E-state index is 11.9. The van der Waals surface area contributed by atoms with Gasteiger partial charge in [-0.15, -0.1) is 0 Å². The standard InChI is InChI=1S/C10H12F3NO/c1-6-4-9(7(2)3-8(6)14)15-5-10(11,12)13/h3-4H,5,14H2,1-2H3. The van der Waals surface area contributed by atoms with Crippen molar-refractivity contribution >= 4 is 5.69 Å². The van der Waals surface area contributed by atoms with Crippen LogP contribution in [0.15, 0.2) is 12.1 Å². The Hall–Kier alpha value is -1.39. The minimum absolute atomic E-state index is 0.221. The second kappa shape index (κ2) is 4.00. The summed E-state index contributed by atoms with van der Waals surface area (Å²) in [6, 6.07) is 3.11. The van der Waals surface area contributed by atoms with E-state index in [4.69, 9.17) is 5.73 Å². The Bertz CT molecular complexity index is 360. The van der Waals surface area contributed by atoms with Crippen LogP contribution in [0.4, 0.5) is 18.9 Å². The first-order chi connectivity index (χ1) is 6.79. The third kappa shape index (κ3) is 3.34. The van der Waals surface area contributed by atoms with E-state index in [1.54, 1.807) is 19.9 Å². The number of benzene rings is 1. The van der Waals surface area contributed by atoms with E-state index in [2.05, 4.69) is 4.74 Å². The minimum Gasteiger partial charge on any atom is -0.484 e. The molecule has 2 N–H and O–H groups in total. The Morgan fingerprint density at radius 1 is 1.20 bits per heavy atom. The molecular formula is C10H12F3NO. The van der Waals surface area contributed by atoms with Gasteiger partial charge in [0.2, 0.25) is 0 Å². The predicted octanol–water partition coefficient (Wildman–Crippen LogP) is 2.83. The molecule has 0 amide bonds. The molecule has 0 atom stereocenters. The summed E-state index contributed by atoms with van der Waals surface area (Å²) < 4.78 is 40.4. The second-order valence-corrected chi connectivity index (χ2v) is 3.38. The van der Waals surface area contributed by atoms with Crippen molar-refractivity contribution in [2.45, 2.75) is 20.0 Å². The summed E-state index contributed by atoms with van der Waals surface area (Å²) >= 11 is 0. The SMILES string of the molecule is Cc1cc(OCC(F)(F)F)c(C)cc1N. The topological polar surface area (TPSA) is 35.2 Å². The van der Waals surface area contributed by atoms with E-state index in [1.165, 1.54) is 6.07 Å². The molecule has 0 unspecified atom stereocenters. The monoisotopic (exact) mass is 219 g/mol. The van der Waals surface area contributed by atoms with E-state index in [0.717, 1.165) is 0 Å². The van der Waals surface area contributed by atoms with Crippen LogP contribution in [0.3, 0.4) is 0 Å². The van der Waals surface area contributed by atoms with Crippen molar-refractivity contribution in [1.29, 1.82) is 0 Å². The van der Waals surface area contributed by atoms with Crippen LogP contribution in [0.2, 0.25) is 0 Å². The zero-order chi connectivity index (χ0) is 11.6. The van der Waals surface area contributed by atoms with Gasteiger partial charge in [0.25, 0.3) is 0 Å². The molecule has 2 nitrogen and oxygen atoms in total. The average Bonchev–Trinajstić information content (AvgIpc) is 2.07. The summed E-state index contributed by atoms with van der Waals surface area (Å²) in [6.07, 6.45) is -4.32. The molecule has 0 aliphatic heterocycles. The third-order valence-electron chi connectivity index (χ3n) is 1.95. The average molecular weight is 219 g/mol. The highest BCUT2D eigenvalue weighted by Crippen LogP contribution is 2.26. The van der Waals surface area contributed by atoms with Gasteiger partial charge in [-0.25, -0.2) is 0 Å². The highest BCUT2D eigenvalue weighted by molar-refractivity contribution is 5.53. The van der Waals surface area contributed by atoms with Gasteiger partial charge in [-0.05, 0) is 37.1 Å². The van der Waals surface area contributed by atoms with E-state index < -0.39 is 12.8 Å². The number of aryl methyl sites for hydroxylation is 2. The van der Waals surface area contributed by atoms with Gasteiger partial charge in [-0.2, -0.15) is 13.2 Å². The number of hydrogen-bond acceptors (Lipinski definition) is 2. The fourth-order valence-electron chi connectivity index (χ4n) is 1.13. The van der Waals surface area contributed by atoms with Crippen LogP contribution in [0.5, 0.6) is 5.75 Å². The summed E-state index contributed by atoms with van der Waals surface area (Å²) in [5.41, 5.74) is 7.45. The number of hydrogen-bond donors (Lipinski definition) is 1. The molecule has 0 bridgehead atoms. The van der Waals surface area contributed by atoms with Gasteiger partial charge in [0, 0.05) is 5.69 Å². The number of ether oxygens (including phenoxy) is 1. The van der Waals surface area contributed by atoms with E-state index in [9.17, 15) is 13.2 Å². The molecule has 0 fully saturated rings. The number of nitrogens with two attached hydrogens (primary N) is 1. The molecule has 0 aliphatic rings. The number of anilines is 1. The lowest BCUT2D eigenvalue weighted by Gasteiger charge is -2.13. The van der Waals surface area contributed by atoms with Crippen molar-refractivity contribution in [3.8, 4) is 5.75 Å². The molecule has 0 aliphatic carbocycles. The van der Waals surface area contributed by atoms with Crippen LogP contribution in [0.1, 0.15) is 11.1 Å². The van der Waals surface area contributed by atoms with Gasteiger partial charge in [0.1, 0.15) is 5.75 Å². The zero-order valence-electron chi connectivity index (χ0n) is 8.48. The van der Waals surface area contributed by atoms with Gasteiger partial charge < -0.3 is 10.5 Å². The summed E-state index contributed by atoms with van der Waals surface area (Å²) in [5.74, 6) is 0.221. The van der Waals surface area contributed by atoms with Gasteiger partial charge in [0.05, 0.1) is 0 Å². The first-order valence-corrected chi connectivity index (χ1v) is 4.36. The molecule has 0 aromatic heterocycles. The van der Waals surface area contributed by atoms with Crippen LogP contribution < -0.4 is 10.5 Å². The molecule has 1 rings (SSSR count). The molecule has 0 heterocycles. The van der Waals surface area contributed by atoms with Crippen molar-refractivity contribution in [3.63, 3.8) is 0 Å². The molecule has 0 saturated carbocycles. The van der Waals surface area contributed by atoms with Crippen LogP contribution >= 0.6 is 0 Å². The zero-order valence-corrected chi connectivity index (χ0v) is 8.48. The lowest BCUT2D eigenvalue weighted by Crippen LogP contribution is -2.19. The van der Waals surface area contributed by atoms with Gasteiger partial charge in [0.15, 0.2) is 6.61 Å². The van der Waals surface area contributed by atoms with Crippen molar-refractivity contribution < 1.29 is 17.9 Å². The van der Waals surface area contributed by atoms with Crippen molar-refractivity contribution in [2.24, 2.45) is 0 Å². The Morgan fingerprint density at radius 3 is 2.33 bits per heavy atom. The van der Waals surface area contributed by atoms with E-state index in [-0.39, 0.29) is 5.75 Å². The number of halogens is 3. The molecule has 15 heavy (non-hydrogen) atoms. The molecular weight excluding hydrogens is 207 g/mol. The first-order valence-electron chi connectivity index (χ1n) is 4.36. The maximum Gasteiger partial charge on any atom is 0.422 e. The van der Waals surface area contributed by atoms with Crippen molar-refractivity contribution in [3.05, 3.63) is 23.3 Å². The largest absolute Gasteiger partial charge is 0.484 e. The molecule has 1 aromatic rings. The number of nitrogen functional groups attached to an aromatic ring is 1. The molecule has 1 aromatic carbocycles. The molecule has 0 saturated heterocycles. The summed E-state index contributed by atoms with van der Waals surface area (Å²) in [4.78, 5) is 0. The van der Waals surface area contributed by atoms with E-state index in [0.29, 0.717) is 16.8 Å². The highest BCUT2D eigenvalue weighted by Gasteiger charge is 2.28. The fraction of sp³-hybridized carbons (Fsp3) is 0.400. The quantitative estimate of drug-likeness (QED) is 0.776. The molecule has 0 spiro atoms. The summed E-state index contributed by atoms with van der Waals surface area (Å²) in [7, 11) is 0. The normalized spacial score (nSPS) is 11.5. The van der Waals surface area contributed by atoms with Gasteiger partial charge in [-0.3, -0.25) is 0 Å². The Labute approximate surface area is 85.8 Å². The van der Waals surface area contributed by atoms with Gasteiger partial charge >= 0.3 is 6.18 Å².